The van der Waals surface area contributed by atoms with Crippen molar-refractivity contribution in [2.45, 2.75) is 13.0 Å². The second-order valence-corrected chi connectivity index (χ2v) is 9.45. The number of benzene rings is 2. The molecule has 0 bridgehead atoms. The fourth-order valence-electron chi connectivity index (χ4n) is 3.28. The third kappa shape index (κ3) is 4.90. The van der Waals surface area contributed by atoms with E-state index in [4.69, 9.17) is 11.6 Å². The van der Waals surface area contributed by atoms with Gasteiger partial charge >= 0.3 is 0 Å². The molecule has 8 nitrogen and oxygen atoms in total. The molecule has 3 N–H and O–H groups in total. The molecule has 0 aliphatic rings. The Morgan fingerprint density at radius 2 is 1.75 bits per heavy atom. The van der Waals surface area contributed by atoms with E-state index in [-0.39, 0.29) is 22.6 Å². The number of rotatable bonds is 6. The minimum absolute atomic E-state index is 0.0633. The summed E-state index contributed by atoms with van der Waals surface area (Å²) in [4.78, 5) is 12.8. The van der Waals surface area contributed by atoms with Crippen LogP contribution in [0.3, 0.4) is 0 Å². The molecular weight excluding hydrogens is 450 g/mol. The van der Waals surface area contributed by atoms with Crippen molar-refractivity contribution in [3.05, 3.63) is 71.8 Å². The molecule has 1 atom stereocenters. The lowest BCUT2D eigenvalue weighted by Crippen LogP contribution is -2.10. The van der Waals surface area contributed by atoms with Crippen LogP contribution in [0.1, 0.15) is 18.5 Å². The highest BCUT2D eigenvalue weighted by Crippen LogP contribution is 2.31. The third-order valence-corrected chi connectivity index (χ3v) is 5.74. The fourth-order valence-corrected chi connectivity index (χ4v) is 4.04. The van der Waals surface area contributed by atoms with Crippen molar-refractivity contribution in [3.8, 4) is 16.9 Å². The number of phenolic OH excluding ortho intramolecular Hbond substituents is 1. The highest BCUT2D eigenvalue weighted by atomic mass is 35.5. The third-order valence-electron chi connectivity index (χ3n) is 4.85. The molecule has 0 spiro atoms. The predicted molar refractivity (Wildman–Crippen MR) is 126 cm³/mol. The number of halogens is 1. The summed E-state index contributed by atoms with van der Waals surface area (Å²) in [5.74, 6) is 0.855. The standard InChI is InChI=1S/C22H20ClN5O3S/c1-13(14-3-6-17(29)7-4-14)27-22-18-9-15(5-8-19(18)25-12-26-22)16-10-20(21(23)24-11-16)28-32(2,30)31/h3-13,28-29H,1-2H3,(H,25,26,27). The first-order chi connectivity index (χ1) is 15.2. The van der Waals surface area contributed by atoms with Gasteiger partial charge in [-0.3, -0.25) is 4.72 Å². The topological polar surface area (TPSA) is 117 Å². The second kappa shape index (κ2) is 8.60. The molecule has 2 heterocycles. The maximum Gasteiger partial charge on any atom is 0.229 e. The zero-order chi connectivity index (χ0) is 22.9. The molecule has 0 saturated heterocycles. The lowest BCUT2D eigenvalue weighted by atomic mass is 10.0. The van der Waals surface area contributed by atoms with Gasteiger partial charge < -0.3 is 10.4 Å². The number of pyridine rings is 1. The summed E-state index contributed by atoms with van der Waals surface area (Å²) < 4.78 is 25.6. The van der Waals surface area contributed by atoms with Gasteiger partial charge in [-0.05, 0) is 48.4 Å². The molecule has 2 aromatic heterocycles. The molecule has 0 aliphatic carbocycles. The molecule has 4 rings (SSSR count). The smallest absolute Gasteiger partial charge is 0.229 e. The van der Waals surface area contributed by atoms with E-state index in [0.717, 1.165) is 28.3 Å². The van der Waals surface area contributed by atoms with E-state index in [9.17, 15) is 13.5 Å². The van der Waals surface area contributed by atoms with Crippen LogP contribution in [0.4, 0.5) is 11.5 Å². The SMILES string of the molecule is CC(Nc1ncnc2ccc(-c3cnc(Cl)c(NS(C)(=O)=O)c3)cc12)c1ccc(O)cc1. The summed E-state index contributed by atoms with van der Waals surface area (Å²) in [5.41, 5.74) is 3.43. The molecular formula is C22H20ClN5O3S. The zero-order valence-electron chi connectivity index (χ0n) is 17.2. The summed E-state index contributed by atoms with van der Waals surface area (Å²) in [7, 11) is -3.50. The zero-order valence-corrected chi connectivity index (χ0v) is 18.8. The number of nitrogens with one attached hydrogen (secondary N) is 2. The summed E-state index contributed by atoms with van der Waals surface area (Å²) in [6, 6.07) is 14.2. The number of nitrogens with zero attached hydrogens (tertiary/aromatic N) is 3. The van der Waals surface area contributed by atoms with Crippen LogP contribution in [-0.2, 0) is 10.0 Å². The van der Waals surface area contributed by atoms with E-state index >= 15 is 0 Å². The Kier molecular flexibility index (Phi) is 5.86. The van der Waals surface area contributed by atoms with E-state index in [1.165, 1.54) is 6.33 Å². The normalized spacial score (nSPS) is 12.5. The van der Waals surface area contributed by atoms with Crippen molar-refractivity contribution >= 4 is 44.0 Å². The van der Waals surface area contributed by atoms with Crippen LogP contribution in [0.2, 0.25) is 5.15 Å². The summed E-state index contributed by atoms with van der Waals surface area (Å²) in [6.45, 7) is 2.00. The van der Waals surface area contributed by atoms with Crippen molar-refractivity contribution in [3.63, 3.8) is 0 Å². The maximum atomic E-state index is 11.6. The molecule has 0 amide bonds. The Bertz CT molecular complexity index is 1390. The number of fused-ring (bicyclic) bond motifs is 1. The molecule has 1 unspecified atom stereocenters. The van der Waals surface area contributed by atoms with Gasteiger partial charge in [0.15, 0.2) is 5.15 Å². The van der Waals surface area contributed by atoms with Crippen LogP contribution >= 0.6 is 11.6 Å². The first kappa shape index (κ1) is 21.8. The highest BCUT2D eigenvalue weighted by molar-refractivity contribution is 7.92. The minimum Gasteiger partial charge on any atom is -0.508 e. The van der Waals surface area contributed by atoms with Crippen molar-refractivity contribution < 1.29 is 13.5 Å². The largest absolute Gasteiger partial charge is 0.508 e. The first-order valence-corrected chi connectivity index (χ1v) is 11.9. The van der Waals surface area contributed by atoms with Crippen molar-refractivity contribution in [1.82, 2.24) is 15.0 Å². The van der Waals surface area contributed by atoms with Gasteiger partial charge in [0.1, 0.15) is 17.9 Å². The van der Waals surface area contributed by atoms with Crippen LogP contribution in [0, 0.1) is 0 Å². The predicted octanol–water partition coefficient (Wildman–Crippen LogP) is 4.60. The van der Waals surface area contributed by atoms with Crippen molar-refractivity contribution in [2.24, 2.45) is 0 Å². The molecule has 0 radical (unpaired) electrons. The molecule has 2 aromatic carbocycles. The van der Waals surface area contributed by atoms with Crippen LogP contribution < -0.4 is 10.0 Å². The van der Waals surface area contributed by atoms with Crippen LogP contribution in [0.15, 0.2) is 61.1 Å². The number of phenols is 1. The maximum absolute atomic E-state index is 11.6. The molecule has 0 saturated carbocycles. The molecule has 164 valence electrons. The minimum atomic E-state index is -3.50. The van der Waals surface area contributed by atoms with Crippen LogP contribution in [-0.4, -0.2) is 34.7 Å². The first-order valence-electron chi connectivity index (χ1n) is 9.63. The van der Waals surface area contributed by atoms with E-state index < -0.39 is 10.0 Å². The number of sulfonamides is 1. The Balaban J connectivity index is 1.71. The molecule has 32 heavy (non-hydrogen) atoms. The molecule has 4 aromatic rings. The molecule has 0 aliphatic heterocycles. The number of hydrogen-bond acceptors (Lipinski definition) is 7. The van der Waals surface area contributed by atoms with Gasteiger partial charge in [-0.25, -0.2) is 23.4 Å². The van der Waals surface area contributed by atoms with Gasteiger partial charge in [0, 0.05) is 23.2 Å². The quantitative estimate of drug-likeness (QED) is 0.353. The fraction of sp³-hybridized carbons (Fsp3) is 0.136. The van der Waals surface area contributed by atoms with Gasteiger partial charge in [0.2, 0.25) is 10.0 Å². The second-order valence-electron chi connectivity index (χ2n) is 7.35. The molecule has 10 heteroatoms. The van der Waals surface area contributed by atoms with E-state index in [1.54, 1.807) is 24.4 Å². The van der Waals surface area contributed by atoms with Gasteiger partial charge in [0.05, 0.1) is 17.5 Å². The Labute approximate surface area is 190 Å². The lowest BCUT2D eigenvalue weighted by molar-refractivity contribution is 0.475. The lowest BCUT2D eigenvalue weighted by Gasteiger charge is -2.17. The Hall–Kier alpha value is -3.43. The van der Waals surface area contributed by atoms with Crippen LogP contribution in [0.25, 0.3) is 22.0 Å². The highest BCUT2D eigenvalue weighted by Gasteiger charge is 2.13. The van der Waals surface area contributed by atoms with E-state index in [1.807, 2.05) is 37.3 Å². The average molecular weight is 470 g/mol. The molecule has 0 fully saturated rings. The van der Waals surface area contributed by atoms with E-state index in [2.05, 4.69) is 25.0 Å². The Morgan fingerprint density at radius 3 is 2.47 bits per heavy atom. The number of aromatic hydroxyl groups is 1. The number of aromatic nitrogens is 3. The summed E-state index contributed by atoms with van der Waals surface area (Å²) >= 11 is 6.05. The van der Waals surface area contributed by atoms with Crippen LogP contribution in [0.5, 0.6) is 5.75 Å². The average Bonchev–Trinajstić information content (AvgIpc) is 2.75. The number of anilines is 2. The van der Waals surface area contributed by atoms with Gasteiger partial charge in [0.25, 0.3) is 0 Å². The number of hydrogen-bond donors (Lipinski definition) is 3. The van der Waals surface area contributed by atoms with Gasteiger partial charge in [-0.15, -0.1) is 0 Å². The van der Waals surface area contributed by atoms with Crippen molar-refractivity contribution in [1.29, 1.82) is 0 Å². The summed E-state index contributed by atoms with van der Waals surface area (Å²) in [5, 5.41) is 13.8. The monoisotopic (exact) mass is 469 g/mol. The van der Waals surface area contributed by atoms with E-state index in [0.29, 0.717) is 11.4 Å². The van der Waals surface area contributed by atoms with Gasteiger partial charge in [-0.2, -0.15) is 0 Å². The Morgan fingerprint density at radius 1 is 1.00 bits per heavy atom. The van der Waals surface area contributed by atoms with Crippen molar-refractivity contribution in [2.75, 3.05) is 16.3 Å². The van der Waals surface area contributed by atoms with Gasteiger partial charge in [-0.1, -0.05) is 29.8 Å². The summed E-state index contributed by atoms with van der Waals surface area (Å²) in [6.07, 6.45) is 4.12.